The summed E-state index contributed by atoms with van der Waals surface area (Å²) in [7, 11) is 1.69. The van der Waals surface area contributed by atoms with Crippen LogP contribution < -0.4 is 10.6 Å². The van der Waals surface area contributed by atoms with Crippen LogP contribution in [0.2, 0.25) is 0 Å². The summed E-state index contributed by atoms with van der Waals surface area (Å²) >= 11 is 0. The quantitative estimate of drug-likeness (QED) is 0.743. The van der Waals surface area contributed by atoms with Gasteiger partial charge in [-0.15, -0.1) is 0 Å². The van der Waals surface area contributed by atoms with Gasteiger partial charge in [-0.3, -0.25) is 0 Å². The van der Waals surface area contributed by atoms with Crippen molar-refractivity contribution in [2.24, 2.45) is 0 Å². The third-order valence-electron chi connectivity index (χ3n) is 2.22. The number of ether oxygens (including phenoxy) is 1. The number of nitrogens with zero attached hydrogens (tertiary/aromatic N) is 1. The number of anilines is 1. The van der Waals surface area contributed by atoms with Crippen molar-refractivity contribution in [2.45, 2.75) is 32.9 Å². The highest BCUT2D eigenvalue weighted by molar-refractivity contribution is 5.35. The summed E-state index contributed by atoms with van der Waals surface area (Å²) in [5.74, 6) is 0.898. The third kappa shape index (κ3) is 6.24. The molecule has 0 aliphatic heterocycles. The van der Waals surface area contributed by atoms with E-state index in [0.29, 0.717) is 6.61 Å². The Bertz CT molecular complexity index is 334. The van der Waals surface area contributed by atoms with Gasteiger partial charge in [-0.05, 0) is 32.9 Å². The number of rotatable bonds is 6. The molecule has 0 saturated carbocycles. The molecule has 1 rings (SSSR count). The lowest BCUT2D eigenvalue weighted by atomic mass is 10.1. The van der Waals surface area contributed by atoms with E-state index in [0.717, 1.165) is 24.6 Å². The average Bonchev–Trinajstić information content (AvgIpc) is 2.27. The van der Waals surface area contributed by atoms with E-state index in [-0.39, 0.29) is 5.54 Å². The molecule has 96 valence electrons. The molecule has 17 heavy (non-hydrogen) atoms. The summed E-state index contributed by atoms with van der Waals surface area (Å²) in [6, 6.07) is 6.01. The third-order valence-corrected chi connectivity index (χ3v) is 2.22. The molecular formula is C13H23N3O. The fourth-order valence-electron chi connectivity index (χ4n) is 1.31. The van der Waals surface area contributed by atoms with Crippen LogP contribution >= 0.6 is 0 Å². The zero-order valence-electron chi connectivity index (χ0n) is 11.2. The normalized spacial score (nSPS) is 11.5. The van der Waals surface area contributed by atoms with Crippen LogP contribution in [0.25, 0.3) is 0 Å². The Hall–Kier alpha value is -1.13. The number of nitrogens with one attached hydrogen (secondary N) is 2. The van der Waals surface area contributed by atoms with Gasteiger partial charge in [0.15, 0.2) is 0 Å². The summed E-state index contributed by atoms with van der Waals surface area (Å²) in [6.07, 6.45) is 0. The molecule has 0 amide bonds. The van der Waals surface area contributed by atoms with E-state index in [4.69, 9.17) is 4.74 Å². The molecule has 4 nitrogen and oxygen atoms in total. The summed E-state index contributed by atoms with van der Waals surface area (Å²) in [4.78, 5) is 4.52. The van der Waals surface area contributed by atoms with Crippen molar-refractivity contribution < 1.29 is 4.74 Å². The van der Waals surface area contributed by atoms with Gasteiger partial charge in [0.1, 0.15) is 5.82 Å². The predicted molar refractivity (Wildman–Crippen MR) is 71.2 cm³/mol. The smallest absolute Gasteiger partial charge is 0.126 e. The minimum absolute atomic E-state index is 0.112. The molecule has 2 N–H and O–H groups in total. The van der Waals surface area contributed by atoms with E-state index in [1.165, 1.54) is 0 Å². The maximum absolute atomic E-state index is 4.98. The van der Waals surface area contributed by atoms with Gasteiger partial charge in [-0.25, -0.2) is 4.98 Å². The van der Waals surface area contributed by atoms with Crippen LogP contribution in [0.5, 0.6) is 0 Å². The Morgan fingerprint density at radius 3 is 2.71 bits per heavy atom. The standard InChI is InChI=1S/C13H23N3O/c1-13(2,3)15-10-11-6-5-7-12(16-11)14-8-9-17-4/h5-7,15H,8-10H2,1-4H3,(H,14,16). The second-order valence-electron chi connectivity index (χ2n) is 5.04. The molecule has 0 radical (unpaired) electrons. The minimum atomic E-state index is 0.112. The highest BCUT2D eigenvalue weighted by Gasteiger charge is 2.08. The van der Waals surface area contributed by atoms with Gasteiger partial charge < -0.3 is 15.4 Å². The molecule has 0 fully saturated rings. The van der Waals surface area contributed by atoms with Gasteiger partial charge in [-0.2, -0.15) is 0 Å². The van der Waals surface area contributed by atoms with Crippen molar-refractivity contribution in [1.82, 2.24) is 10.3 Å². The van der Waals surface area contributed by atoms with Gasteiger partial charge in [0.25, 0.3) is 0 Å². The van der Waals surface area contributed by atoms with Crippen LogP contribution in [0.15, 0.2) is 18.2 Å². The SMILES string of the molecule is COCCNc1cccc(CNC(C)(C)C)n1. The Kier molecular flexibility index (Phi) is 5.38. The van der Waals surface area contributed by atoms with Crippen LogP contribution in [0.3, 0.4) is 0 Å². The first-order valence-electron chi connectivity index (χ1n) is 5.95. The highest BCUT2D eigenvalue weighted by atomic mass is 16.5. The van der Waals surface area contributed by atoms with Gasteiger partial charge in [0.05, 0.1) is 12.3 Å². The Balaban J connectivity index is 2.48. The van der Waals surface area contributed by atoms with Crippen LogP contribution in [0.1, 0.15) is 26.5 Å². The molecule has 0 aromatic carbocycles. The van der Waals surface area contributed by atoms with Crippen LogP contribution in [-0.4, -0.2) is 30.8 Å². The van der Waals surface area contributed by atoms with E-state index in [2.05, 4.69) is 36.4 Å². The molecule has 0 saturated heterocycles. The van der Waals surface area contributed by atoms with E-state index >= 15 is 0 Å². The minimum Gasteiger partial charge on any atom is -0.383 e. The highest BCUT2D eigenvalue weighted by Crippen LogP contribution is 2.06. The number of aromatic nitrogens is 1. The van der Waals surface area contributed by atoms with Crippen molar-refractivity contribution in [2.75, 3.05) is 25.6 Å². The van der Waals surface area contributed by atoms with Crippen molar-refractivity contribution in [3.8, 4) is 0 Å². The average molecular weight is 237 g/mol. The Morgan fingerprint density at radius 1 is 1.29 bits per heavy atom. The lowest BCUT2D eigenvalue weighted by molar-refractivity contribution is 0.210. The zero-order valence-corrected chi connectivity index (χ0v) is 11.2. The maximum atomic E-state index is 4.98. The molecule has 1 aromatic heterocycles. The van der Waals surface area contributed by atoms with Crippen molar-refractivity contribution in [3.05, 3.63) is 23.9 Å². The fraction of sp³-hybridized carbons (Fsp3) is 0.615. The van der Waals surface area contributed by atoms with Crippen LogP contribution in [0.4, 0.5) is 5.82 Å². The van der Waals surface area contributed by atoms with E-state index < -0.39 is 0 Å². The van der Waals surface area contributed by atoms with Gasteiger partial charge in [0, 0.05) is 25.7 Å². The molecule has 0 aliphatic carbocycles. The summed E-state index contributed by atoms with van der Waals surface area (Å²) < 4.78 is 4.98. The Morgan fingerprint density at radius 2 is 2.06 bits per heavy atom. The van der Waals surface area contributed by atoms with Gasteiger partial charge >= 0.3 is 0 Å². The lowest BCUT2D eigenvalue weighted by Gasteiger charge is -2.20. The van der Waals surface area contributed by atoms with E-state index in [1.54, 1.807) is 7.11 Å². The first kappa shape index (κ1) is 13.9. The summed E-state index contributed by atoms with van der Waals surface area (Å²) in [5.41, 5.74) is 1.16. The number of methoxy groups -OCH3 is 1. The molecule has 1 aromatic rings. The molecule has 0 unspecified atom stereocenters. The molecule has 0 spiro atoms. The van der Waals surface area contributed by atoms with Crippen LogP contribution in [-0.2, 0) is 11.3 Å². The number of hydrogen-bond donors (Lipinski definition) is 2. The first-order valence-corrected chi connectivity index (χ1v) is 5.95. The molecule has 0 bridgehead atoms. The lowest BCUT2D eigenvalue weighted by Crippen LogP contribution is -2.35. The van der Waals surface area contributed by atoms with Crippen molar-refractivity contribution in [3.63, 3.8) is 0 Å². The topological polar surface area (TPSA) is 46.2 Å². The fourth-order valence-corrected chi connectivity index (χ4v) is 1.31. The maximum Gasteiger partial charge on any atom is 0.126 e. The molecule has 0 atom stereocenters. The second-order valence-corrected chi connectivity index (χ2v) is 5.04. The number of hydrogen-bond acceptors (Lipinski definition) is 4. The summed E-state index contributed by atoms with van der Waals surface area (Å²) in [6.45, 7) is 8.68. The largest absolute Gasteiger partial charge is 0.383 e. The van der Waals surface area contributed by atoms with Gasteiger partial charge in [0.2, 0.25) is 0 Å². The van der Waals surface area contributed by atoms with E-state index in [1.807, 2.05) is 18.2 Å². The van der Waals surface area contributed by atoms with Crippen molar-refractivity contribution >= 4 is 5.82 Å². The number of pyridine rings is 1. The predicted octanol–water partition coefficient (Wildman–Crippen LogP) is 2.03. The molecule has 1 heterocycles. The molecule has 0 aliphatic rings. The monoisotopic (exact) mass is 237 g/mol. The Labute approximate surface area is 104 Å². The van der Waals surface area contributed by atoms with Crippen LogP contribution in [0, 0.1) is 0 Å². The summed E-state index contributed by atoms with van der Waals surface area (Å²) in [5, 5.41) is 6.64. The van der Waals surface area contributed by atoms with E-state index in [9.17, 15) is 0 Å². The first-order chi connectivity index (χ1) is 8.01. The molecule has 4 heteroatoms. The zero-order chi connectivity index (χ0) is 12.7. The molecular weight excluding hydrogens is 214 g/mol. The van der Waals surface area contributed by atoms with Gasteiger partial charge in [-0.1, -0.05) is 6.07 Å². The second kappa shape index (κ2) is 6.57. The van der Waals surface area contributed by atoms with Crippen molar-refractivity contribution in [1.29, 1.82) is 0 Å².